The van der Waals surface area contributed by atoms with Crippen LogP contribution in [0.3, 0.4) is 0 Å². The van der Waals surface area contributed by atoms with Crippen LogP contribution in [0.15, 0.2) is 0 Å². The number of hydrogen-bond acceptors (Lipinski definition) is 4. The summed E-state index contributed by atoms with van der Waals surface area (Å²) in [4.78, 5) is 11.1. The average Bonchev–Trinajstić information content (AvgIpc) is 2.76. The fraction of sp³-hybridized carbons (Fsp3) is 1.00. The SMILES string of the molecule is CC[N+](=O)C1C[N+]1(N)CC(O)CO. The predicted octanol–water partition coefficient (Wildman–Crippen LogP) is -1.83. The largest absolute Gasteiger partial charge is 0.393 e. The molecule has 0 amide bonds. The number of nitroso groups, excluding NO2 is 1. The first-order valence-corrected chi connectivity index (χ1v) is 4.41. The van der Waals surface area contributed by atoms with Crippen LogP contribution in [-0.4, -0.2) is 58.1 Å². The molecule has 0 bridgehead atoms. The van der Waals surface area contributed by atoms with Crippen molar-refractivity contribution in [1.29, 1.82) is 0 Å². The highest BCUT2D eigenvalue weighted by molar-refractivity contribution is 4.63. The second-order valence-electron chi connectivity index (χ2n) is 3.52. The van der Waals surface area contributed by atoms with Crippen LogP contribution in [-0.2, 0) is 0 Å². The second-order valence-corrected chi connectivity index (χ2v) is 3.52. The van der Waals surface area contributed by atoms with Gasteiger partial charge in [-0.2, -0.15) is 10.4 Å². The van der Waals surface area contributed by atoms with E-state index in [1.807, 2.05) is 0 Å². The Kier molecular flexibility index (Phi) is 2.97. The maximum atomic E-state index is 11.1. The molecule has 76 valence electrons. The molecular weight excluding hydrogens is 174 g/mol. The molecule has 3 atom stereocenters. The van der Waals surface area contributed by atoms with Crippen LogP contribution in [0, 0.1) is 4.91 Å². The van der Waals surface area contributed by atoms with E-state index in [0.29, 0.717) is 13.1 Å². The van der Waals surface area contributed by atoms with E-state index < -0.39 is 6.10 Å². The summed E-state index contributed by atoms with van der Waals surface area (Å²) in [6.45, 7) is 2.64. The van der Waals surface area contributed by atoms with Crippen molar-refractivity contribution in [2.45, 2.75) is 19.2 Å². The first-order chi connectivity index (χ1) is 6.03. The molecule has 0 saturated carbocycles. The molecule has 6 nitrogen and oxygen atoms in total. The fourth-order valence-corrected chi connectivity index (χ4v) is 1.46. The monoisotopic (exact) mass is 191 g/mol. The summed E-state index contributed by atoms with van der Waals surface area (Å²) in [6, 6.07) is 0. The van der Waals surface area contributed by atoms with Crippen LogP contribution in [0.25, 0.3) is 0 Å². The molecule has 0 aromatic heterocycles. The van der Waals surface area contributed by atoms with Crippen LogP contribution in [0.1, 0.15) is 6.92 Å². The quantitative estimate of drug-likeness (QED) is 0.206. The van der Waals surface area contributed by atoms with Gasteiger partial charge in [0.05, 0.1) is 11.4 Å². The van der Waals surface area contributed by atoms with Gasteiger partial charge in [0.1, 0.15) is 12.6 Å². The van der Waals surface area contributed by atoms with E-state index in [9.17, 15) is 4.91 Å². The predicted molar refractivity (Wildman–Crippen MR) is 45.2 cm³/mol. The Bertz CT molecular complexity index is 211. The van der Waals surface area contributed by atoms with Gasteiger partial charge in [-0.1, -0.05) is 0 Å². The first kappa shape index (κ1) is 10.5. The molecule has 4 N–H and O–H groups in total. The minimum Gasteiger partial charge on any atom is -0.393 e. The summed E-state index contributed by atoms with van der Waals surface area (Å²) in [5.74, 6) is 5.77. The summed E-state index contributed by atoms with van der Waals surface area (Å²) in [5.41, 5.74) is 0. The third-order valence-electron chi connectivity index (χ3n) is 2.37. The number of aliphatic hydroxyl groups excluding tert-OH is 2. The average molecular weight is 191 g/mol. The zero-order valence-corrected chi connectivity index (χ0v) is 7.76. The summed E-state index contributed by atoms with van der Waals surface area (Å²) in [5, 5.41) is 17.7. The number of likely N-dealkylation sites (N-methyl/N-ethyl adjacent to an activating group) is 1. The van der Waals surface area contributed by atoms with Crippen molar-refractivity contribution < 1.29 is 19.6 Å². The normalized spacial score (nSPS) is 34.3. The molecular formula is C7H17N3O3+2. The van der Waals surface area contributed by atoms with Gasteiger partial charge in [0, 0.05) is 4.91 Å². The molecule has 1 fully saturated rings. The molecule has 0 aromatic rings. The molecule has 13 heavy (non-hydrogen) atoms. The number of hydrogen-bond donors (Lipinski definition) is 3. The van der Waals surface area contributed by atoms with E-state index in [0.717, 1.165) is 4.76 Å². The second kappa shape index (κ2) is 3.67. The van der Waals surface area contributed by atoms with E-state index in [1.165, 1.54) is 0 Å². The summed E-state index contributed by atoms with van der Waals surface area (Å²) in [6.07, 6.45) is -1.08. The van der Waals surface area contributed by atoms with Crippen LogP contribution >= 0.6 is 0 Å². The minimum atomic E-state index is -0.833. The maximum absolute atomic E-state index is 11.1. The van der Waals surface area contributed by atoms with Gasteiger partial charge in [-0.05, 0) is 6.92 Å². The molecule has 1 saturated heterocycles. The van der Waals surface area contributed by atoms with Gasteiger partial charge in [-0.3, -0.25) is 0 Å². The van der Waals surface area contributed by atoms with Crippen molar-refractivity contribution in [3.63, 3.8) is 0 Å². The van der Waals surface area contributed by atoms with Gasteiger partial charge < -0.3 is 10.2 Å². The van der Waals surface area contributed by atoms with Crippen molar-refractivity contribution in [2.24, 2.45) is 5.84 Å². The zero-order valence-electron chi connectivity index (χ0n) is 7.76. The molecule has 0 radical (unpaired) electrons. The van der Waals surface area contributed by atoms with E-state index in [2.05, 4.69) is 0 Å². The molecule has 3 unspecified atom stereocenters. The van der Waals surface area contributed by atoms with Crippen molar-refractivity contribution in [1.82, 2.24) is 0 Å². The molecule has 1 aliphatic rings. The molecule has 1 rings (SSSR count). The molecule has 0 aromatic carbocycles. The standard InChI is InChI=1S/C7H17N3O3/c1-2-9(13)7-4-10(7,8)3-6(12)5-11/h6-7,11-12H,2-5,8H2,1H3/q+2. The topological polar surface area (TPSA) is 86.6 Å². The first-order valence-electron chi connectivity index (χ1n) is 4.41. The third kappa shape index (κ3) is 2.22. The van der Waals surface area contributed by atoms with Crippen LogP contribution in [0.4, 0.5) is 0 Å². The van der Waals surface area contributed by atoms with Gasteiger partial charge in [0.25, 0.3) is 0 Å². The summed E-state index contributed by atoms with van der Waals surface area (Å²) >= 11 is 0. The van der Waals surface area contributed by atoms with Gasteiger partial charge in [0.15, 0.2) is 6.54 Å². The smallest absolute Gasteiger partial charge is 0.393 e. The number of nitrogens with zero attached hydrogens (tertiary/aromatic N) is 2. The third-order valence-corrected chi connectivity index (χ3v) is 2.37. The Morgan fingerprint density at radius 3 is 2.85 bits per heavy atom. The van der Waals surface area contributed by atoms with E-state index in [4.69, 9.17) is 16.1 Å². The Balaban J connectivity index is 2.41. The van der Waals surface area contributed by atoms with Crippen molar-refractivity contribution in [3.05, 3.63) is 4.91 Å². The van der Waals surface area contributed by atoms with Gasteiger partial charge in [0.2, 0.25) is 6.54 Å². The van der Waals surface area contributed by atoms with E-state index in [1.54, 1.807) is 6.92 Å². The molecule has 1 aliphatic heterocycles. The lowest BCUT2D eigenvalue weighted by Crippen LogP contribution is -2.46. The molecule has 1 heterocycles. The van der Waals surface area contributed by atoms with Crippen molar-refractivity contribution >= 4 is 0 Å². The van der Waals surface area contributed by atoms with Crippen LogP contribution in [0.5, 0.6) is 0 Å². The van der Waals surface area contributed by atoms with E-state index >= 15 is 0 Å². The zero-order chi connectivity index (χ0) is 10.1. The highest BCUT2D eigenvalue weighted by Crippen LogP contribution is 2.25. The lowest BCUT2D eigenvalue weighted by atomic mass is 10.4. The number of rotatable bonds is 5. The van der Waals surface area contributed by atoms with Gasteiger partial charge >= 0.3 is 6.17 Å². The lowest BCUT2D eigenvalue weighted by Gasteiger charge is -2.12. The Hall–Kier alpha value is -0.560. The number of aliphatic hydroxyl groups is 2. The summed E-state index contributed by atoms with van der Waals surface area (Å²) in [7, 11) is 0. The Labute approximate surface area is 76.7 Å². The van der Waals surface area contributed by atoms with Crippen LogP contribution < -0.4 is 5.84 Å². The highest BCUT2D eigenvalue weighted by Gasteiger charge is 2.65. The minimum absolute atomic E-state index is 0.0546. The fourth-order valence-electron chi connectivity index (χ4n) is 1.46. The summed E-state index contributed by atoms with van der Waals surface area (Å²) < 4.78 is 0.961. The van der Waals surface area contributed by atoms with Crippen molar-refractivity contribution in [2.75, 3.05) is 26.2 Å². The van der Waals surface area contributed by atoms with E-state index in [-0.39, 0.29) is 23.9 Å². The molecule has 0 aliphatic carbocycles. The number of quaternary nitrogens is 1. The van der Waals surface area contributed by atoms with Gasteiger partial charge in [-0.25, -0.2) is 0 Å². The van der Waals surface area contributed by atoms with Crippen molar-refractivity contribution in [3.8, 4) is 0 Å². The molecule has 6 heteroatoms. The Morgan fingerprint density at radius 1 is 1.77 bits per heavy atom. The maximum Gasteiger partial charge on any atom is 0.393 e. The number of nitrogens with two attached hydrogens (primary N) is 1. The molecule has 0 spiro atoms. The van der Waals surface area contributed by atoms with Gasteiger partial charge in [-0.15, -0.1) is 0 Å². The highest BCUT2D eigenvalue weighted by atomic mass is 16.3. The van der Waals surface area contributed by atoms with Crippen LogP contribution in [0.2, 0.25) is 0 Å². The Morgan fingerprint density at radius 2 is 2.38 bits per heavy atom. The lowest BCUT2D eigenvalue weighted by molar-refractivity contribution is -0.897.